The minimum Gasteiger partial charge on any atom is -0.378 e. The van der Waals surface area contributed by atoms with Crippen LogP contribution in [0.15, 0.2) is 36.9 Å². The number of carbonyl (C=O) groups is 1. The van der Waals surface area contributed by atoms with E-state index < -0.39 is 16.8 Å². The lowest BCUT2D eigenvalue weighted by Crippen LogP contribution is -2.74. The zero-order valence-electron chi connectivity index (χ0n) is 14.6. The lowest BCUT2D eigenvalue weighted by molar-refractivity contribution is -0.166. The van der Waals surface area contributed by atoms with E-state index in [1.807, 2.05) is 20.8 Å². The standard InChI is InChI=1S/C18H23FN4O2/c1-4-25-15-10-18(20,17(15,2)3)16(24)22-12-5-6-14(13(19)9-12)23-8-7-21-11-23/h5-9,11,15H,4,10,20H2,1-3H3,(H,22,24). The second kappa shape index (κ2) is 6.24. The van der Waals surface area contributed by atoms with Crippen LogP contribution in [0.25, 0.3) is 5.69 Å². The molecular formula is C18H23FN4O2. The number of imidazole rings is 1. The van der Waals surface area contributed by atoms with Gasteiger partial charge in [-0.05, 0) is 25.1 Å². The Bertz CT molecular complexity index is 775. The number of halogens is 1. The first-order chi connectivity index (χ1) is 11.8. The number of nitrogens with one attached hydrogen (secondary N) is 1. The van der Waals surface area contributed by atoms with Crippen LogP contribution in [0, 0.1) is 11.2 Å². The number of carbonyl (C=O) groups excluding carboxylic acids is 1. The molecule has 6 nitrogen and oxygen atoms in total. The van der Waals surface area contributed by atoms with Crippen LogP contribution in [0.3, 0.4) is 0 Å². The van der Waals surface area contributed by atoms with Crippen molar-refractivity contribution in [2.75, 3.05) is 11.9 Å². The van der Waals surface area contributed by atoms with Gasteiger partial charge in [-0.15, -0.1) is 0 Å². The summed E-state index contributed by atoms with van der Waals surface area (Å²) in [6.07, 6.45) is 5.11. The van der Waals surface area contributed by atoms with Crippen LogP contribution in [-0.2, 0) is 9.53 Å². The Hall–Kier alpha value is -2.25. The third kappa shape index (κ3) is 2.83. The molecule has 1 heterocycles. The molecular weight excluding hydrogens is 323 g/mol. The summed E-state index contributed by atoms with van der Waals surface area (Å²) in [6.45, 7) is 6.32. The number of nitrogens with zero attached hydrogens (tertiary/aromatic N) is 2. The highest BCUT2D eigenvalue weighted by atomic mass is 19.1. The molecule has 3 rings (SSSR count). The van der Waals surface area contributed by atoms with Crippen molar-refractivity contribution in [2.45, 2.75) is 38.8 Å². The van der Waals surface area contributed by atoms with Crippen molar-refractivity contribution in [2.24, 2.45) is 11.1 Å². The molecule has 0 spiro atoms. The van der Waals surface area contributed by atoms with Gasteiger partial charge < -0.3 is 20.4 Å². The van der Waals surface area contributed by atoms with Crippen LogP contribution in [0.5, 0.6) is 0 Å². The Labute approximate surface area is 146 Å². The number of rotatable bonds is 5. The van der Waals surface area contributed by atoms with E-state index in [0.29, 0.717) is 24.4 Å². The largest absolute Gasteiger partial charge is 0.378 e. The van der Waals surface area contributed by atoms with Crippen molar-refractivity contribution in [3.8, 4) is 5.69 Å². The fourth-order valence-electron chi connectivity index (χ4n) is 3.26. The highest BCUT2D eigenvalue weighted by Crippen LogP contribution is 2.50. The molecule has 0 radical (unpaired) electrons. The van der Waals surface area contributed by atoms with Crippen LogP contribution in [-0.4, -0.2) is 33.7 Å². The Morgan fingerprint density at radius 3 is 2.84 bits per heavy atom. The van der Waals surface area contributed by atoms with Gasteiger partial charge in [0.1, 0.15) is 11.4 Å². The first-order valence-electron chi connectivity index (χ1n) is 8.29. The van der Waals surface area contributed by atoms with Crippen molar-refractivity contribution in [3.05, 3.63) is 42.7 Å². The molecule has 0 aliphatic heterocycles. The van der Waals surface area contributed by atoms with Crippen molar-refractivity contribution >= 4 is 11.6 Å². The normalized spacial score (nSPS) is 24.6. The van der Waals surface area contributed by atoms with E-state index >= 15 is 0 Å². The zero-order valence-corrected chi connectivity index (χ0v) is 14.6. The summed E-state index contributed by atoms with van der Waals surface area (Å²) >= 11 is 0. The van der Waals surface area contributed by atoms with E-state index in [2.05, 4.69) is 10.3 Å². The maximum absolute atomic E-state index is 14.3. The third-order valence-electron chi connectivity index (χ3n) is 5.22. The van der Waals surface area contributed by atoms with Gasteiger partial charge in [0.15, 0.2) is 0 Å². The molecule has 2 unspecified atom stereocenters. The van der Waals surface area contributed by atoms with Gasteiger partial charge >= 0.3 is 0 Å². The smallest absolute Gasteiger partial charge is 0.245 e. The highest BCUT2D eigenvalue weighted by molar-refractivity contribution is 5.99. The van der Waals surface area contributed by atoms with E-state index in [0.717, 1.165) is 0 Å². The van der Waals surface area contributed by atoms with Crippen molar-refractivity contribution in [1.82, 2.24) is 9.55 Å². The first-order valence-corrected chi connectivity index (χ1v) is 8.29. The Kier molecular flexibility index (Phi) is 4.38. The predicted octanol–water partition coefficient (Wildman–Crippen LogP) is 2.48. The van der Waals surface area contributed by atoms with Crippen LogP contribution >= 0.6 is 0 Å². The average molecular weight is 346 g/mol. The monoisotopic (exact) mass is 346 g/mol. The number of anilines is 1. The van der Waals surface area contributed by atoms with E-state index in [1.54, 1.807) is 29.1 Å². The number of ether oxygens (including phenoxy) is 1. The molecule has 1 saturated carbocycles. The summed E-state index contributed by atoms with van der Waals surface area (Å²) in [6, 6.07) is 4.51. The van der Waals surface area contributed by atoms with Gasteiger partial charge in [-0.1, -0.05) is 13.8 Å². The molecule has 1 aliphatic rings. The number of aromatic nitrogens is 2. The summed E-state index contributed by atoms with van der Waals surface area (Å²) in [5, 5.41) is 2.73. The van der Waals surface area contributed by atoms with Gasteiger partial charge in [0.25, 0.3) is 0 Å². The molecule has 1 aliphatic carbocycles. The highest BCUT2D eigenvalue weighted by Gasteiger charge is 2.62. The van der Waals surface area contributed by atoms with Gasteiger partial charge in [0.2, 0.25) is 5.91 Å². The molecule has 0 saturated heterocycles. The summed E-state index contributed by atoms with van der Waals surface area (Å²) < 4.78 is 21.5. The van der Waals surface area contributed by atoms with Crippen LogP contribution in [0.4, 0.5) is 10.1 Å². The summed E-state index contributed by atoms with van der Waals surface area (Å²) in [5.41, 5.74) is 5.52. The van der Waals surface area contributed by atoms with Gasteiger partial charge in [0.05, 0.1) is 18.1 Å². The molecule has 0 bridgehead atoms. The second-order valence-electron chi connectivity index (χ2n) is 6.93. The first kappa shape index (κ1) is 17.6. The third-order valence-corrected chi connectivity index (χ3v) is 5.22. The van der Waals surface area contributed by atoms with E-state index in [1.165, 1.54) is 12.4 Å². The van der Waals surface area contributed by atoms with Crippen LogP contribution < -0.4 is 11.1 Å². The fraction of sp³-hybridized carbons (Fsp3) is 0.444. The average Bonchev–Trinajstić information content (AvgIpc) is 3.08. The molecule has 1 fully saturated rings. The quantitative estimate of drug-likeness (QED) is 0.871. The number of hydrogen-bond acceptors (Lipinski definition) is 4. The molecule has 1 aromatic carbocycles. The van der Waals surface area contributed by atoms with Gasteiger partial charge in [-0.25, -0.2) is 9.37 Å². The lowest BCUT2D eigenvalue weighted by atomic mass is 9.54. The van der Waals surface area contributed by atoms with Gasteiger partial charge in [-0.3, -0.25) is 4.79 Å². The molecule has 2 atom stereocenters. The summed E-state index contributed by atoms with van der Waals surface area (Å²) in [5.74, 6) is -0.787. The number of benzene rings is 1. The SMILES string of the molecule is CCOC1CC(N)(C(=O)Nc2ccc(-n3ccnc3)c(F)c2)C1(C)C. The maximum atomic E-state index is 14.3. The number of nitrogens with two attached hydrogens (primary N) is 1. The van der Waals surface area contributed by atoms with E-state index in [-0.39, 0.29) is 12.0 Å². The lowest BCUT2D eigenvalue weighted by Gasteiger charge is -2.57. The number of amides is 1. The van der Waals surface area contributed by atoms with Crippen molar-refractivity contribution < 1.29 is 13.9 Å². The van der Waals surface area contributed by atoms with Crippen molar-refractivity contribution in [3.63, 3.8) is 0 Å². The molecule has 1 amide bonds. The predicted molar refractivity (Wildman–Crippen MR) is 92.9 cm³/mol. The van der Waals surface area contributed by atoms with Crippen molar-refractivity contribution in [1.29, 1.82) is 0 Å². The van der Waals surface area contributed by atoms with E-state index in [9.17, 15) is 9.18 Å². The van der Waals surface area contributed by atoms with Crippen LogP contribution in [0.2, 0.25) is 0 Å². The number of hydrogen-bond donors (Lipinski definition) is 2. The molecule has 134 valence electrons. The van der Waals surface area contributed by atoms with Gasteiger partial charge in [0, 0.05) is 36.5 Å². The van der Waals surface area contributed by atoms with Gasteiger partial charge in [-0.2, -0.15) is 0 Å². The fourth-order valence-corrected chi connectivity index (χ4v) is 3.26. The maximum Gasteiger partial charge on any atom is 0.245 e. The summed E-state index contributed by atoms with van der Waals surface area (Å²) in [7, 11) is 0. The minimum atomic E-state index is -1.05. The Morgan fingerprint density at radius 1 is 1.52 bits per heavy atom. The summed E-state index contributed by atoms with van der Waals surface area (Å²) in [4.78, 5) is 16.6. The molecule has 2 aromatic rings. The molecule has 25 heavy (non-hydrogen) atoms. The Balaban J connectivity index is 1.75. The molecule has 1 aromatic heterocycles. The molecule has 3 N–H and O–H groups in total. The molecule has 7 heteroatoms. The second-order valence-corrected chi connectivity index (χ2v) is 6.93. The van der Waals surface area contributed by atoms with Crippen LogP contribution in [0.1, 0.15) is 27.2 Å². The minimum absolute atomic E-state index is 0.0615. The van der Waals surface area contributed by atoms with E-state index in [4.69, 9.17) is 10.5 Å². The topological polar surface area (TPSA) is 82.2 Å². The zero-order chi connectivity index (χ0) is 18.2. The Morgan fingerprint density at radius 2 is 2.28 bits per heavy atom.